The van der Waals surface area contributed by atoms with E-state index < -0.39 is 18.1 Å². The highest BCUT2D eigenvalue weighted by Crippen LogP contribution is 2.15. The molecule has 0 aliphatic heterocycles. The fourth-order valence-corrected chi connectivity index (χ4v) is 6.77. The Hall–Kier alpha value is -2.19. The third-order valence-corrected chi connectivity index (χ3v) is 10.4. The number of nitrogens with zero attached hydrogens (tertiary/aromatic N) is 1. The van der Waals surface area contributed by atoms with Crippen LogP contribution in [0.4, 0.5) is 0 Å². The molecule has 0 radical (unpaired) electrons. The lowest BCUT2D eigenvalue weighted by atomic mass is 10.0. The van der Waals surface area contributed by atoms with Gasteiger partial charge in [-0.05, 0) is 38.5 Å². The minimum atomic E-state index is -1.13. The van der Waals surface area contributed by atoms with Crippen molar-refractivity contribution >= 4 is 17.9 Å². The smallest absolute Gasteiger partial charge is 0.306 e. The summed E-state index contributed by atoms with van der Waals surface area (Å²) in [4.78, 5) is 36.8. The average molecular weight is 778 g/mol. The second kappa shape index (κ2) is 38.7. The highest BCUT2D eigenvalue weighted by Gasteiger charge is 2.25. The van der Waals surface area contributed by atoms with Crippen molar-refractivity contribution in [2.24, 2.45) is 0 Å². The van der Waals surface area contributed by atoms with E-state index in [4.69, 9.17) is 14.2 Å². The maximum absolute atomic E-state index is 12.7. The Morgan fingerprint density at radius 1 is 0.545 bits per heavy atom. The van der Waals surface area contributed by atoms with E-state index in [1.54, 1.807) is 21.1 Å². The maximum Gasteiger partial charge on any atom is 0.306 e. The summed E-state index contributed by atoms with van der Waals surface area (Å²) < 4.78 is 17.2. The van der Waals surface area contributed by atoms with E-state index >= 15 is 0 Å². The summed E-state index contributed by atoms with van der Waals surface area (Å²) in [5, 5.41) is 11.6. The molecule has 0 fully saturated rings. The molecule has 0 spiro atoms. The Morgan fingerprint density at radius 3 is 1.36 bits per heavy atom. The Balaban J connectivity index is 4.34. The molecular weight excluding hydrogens is 691 g/mol. The number of allylic oxidation sites excluding steroid dienone is 4. The van der Waals surface area contributed by atoms with Gasteiger partial charge < -0.3 is 28.6 Å². The fourth-order valence-electron chi connectivity index (χ4n) is 6.77. The summed E-state index contributed by atoms with van der Waals surface area (Å²) in [5.74, 6) is -1.74. The van der Waals surface area contributed by atoms with E-state index in [-0.39, 0.29) is 42.7 Å². The number of esters is 2. The highest BCUT2D eigenvalue weighted by atomic mass is 16.6. The first kappa shape index (κ1) is 52.8. The van der Waals surface area contributed by atoms with Crippen molar-refractivity contribution in [2.45, 2.75) is 219 Å². The number of carboxylic acid groups (broad SMARTS) is 1. The zero-order valence-corrected chi connectivity index (χ0v) is 36.6. The van der Waals surface area contributed by atoms with Gasteiger partial charge in [0, 0.05) is 19.3 Å². The lowest BCUT2D eigenvalue weighted by Crippen LogP contribution is -2.55. The van der Waals surface area contributed by atoms with Crippen LogP contribution in [0.2, 0.25) is 0 Å². The molecule has 0 saturated carbocycles. The molecule has 2 atom stereocenters. The van der Waals surface area contributed by atoms with Crippen LogP contribution in [0.15, 0.2) is 24.3 Å². The summed E-state index contributed by atoms with van der Waals surface area (Å²) in [6, 6.07) is -0.725. The first-order valence-corrected chi connectivity index (χ1v) is 22.9. The summed E-state index contributed by atoms with van der Waals surface area (Å²) in [5.41, 5.74) is 0. The Kier molecular flexibility index (Phi) is 37.1. The lowest BCUT2D eigenvalue weighted by Gasteiger charge is -2.34. The molecule has 0 aromatic rings. The lowest BCUT2D eigenvalue weighted by molar-refractivity contribution is -0.889. The van der Waals surface area contributed by atoms with Gasteiger partial charge >= 0.3 is 11.9 Å². The number of hydrogen-bond acceptors (Lipinski definition) is 7. The SMILES string of the molecule is CCCCCCCCC/C=C/C=C/CCCCCCCC(=O)OC(COCCC(C(=O)[O-])[N+](C)(C)C)COC(=O)CCCCCCCCCCCCCCC. The van der Waals surface area contributed by atoms with Crippen LogP contribution in [0.5, 0.6) is 0 Å². The molecule has 0 amide bonds. The van der Waals surface area contributed by atoms with Gasteiger partial charge in [-0.15, -0.1) is 0 Å². The van der Waals surface area contributed by atoms with Gasteiger partial charge in [0.05, 0.1) is 40.3 Å². The van der Waals surface area contributed by atoms with Gasteiger partial charge in [-0.25, -0.2) is 0 Å². The van der Waals surface area contributed by atoms with Crippen LogP contribution in [0, 0.1) is 0 Å². The number of carbonyl (C=O) groups excluding carboxylic acids is 3. The van der Waals surface area contributed by atoms with E-state index in [1.165, 1.54) is 116 Å². The van der Waals surface area contributed by atoms with Crippen molar-refractivity contribution in [3.63, 3.8) is 0 Å². The maximum atomic E-state index is 12.7. The van der Waals surface area contributed by atoms with Crippen molar-refractivity contribution in [3.8, 4) is 0 Å². The minimum absolute atomic E-state index is 0.0382. The molecule has 322 valence electrons. The Bertz CT molecular complexity index is 957. The quantitative estimate of drug-likeness (QED) is 0.0264. The zero-order valence-electron chi connectivity index (χ0n) is 36.6. The van der Waals surface area contributed by atoms with Crippen molar-refractivity contribution in [1.82, 2.24) is 0 Å². The molecule has 2 unspecified atom stereocenters. The molecule has 0 saturated heterocycles. The number of ether oxygens (including phenoxy) is 3. The summed E-state index contributed by atoms with van der Waals surface area (Å²) in [7, 11) is 5.41. The first-order valence-electron chi connectivity index (χ1n) is 22.9. The van der Waals surface area contributed by atoms with Crippen LogP contribution in [0.3, 0.4) is 0 Å². The molecule has 8 heteroatoms. The van der Waals surface area contributed by atoms with E-state index in [2.05, 4.69) is 38.2 Å². The normalized spacial score (nSPS) is 13.1. The van der Waals surface area contributed by atoms with Gasteiger partial charge in [-0.2, -0.15) is 0 Å². The molecule has 0 aromatic carbocycles. The van der Waals surface area contributed by atoms with Gasteiger partial charge in [-0.3, -0.25) is 9.59 Å². The van der Waals surface area contributed by atoms with E-state index in [0.717, 1.165) is 57.8 Å². The number of quaternary nitrogens is 1. The van der Waals surface area contributed by atoms with E-state index in [9.17, 15) is 19.5 Å². The molecular formula is C47H87NO7. The molecule has 0 aromatic heterocycles. The average Bonchev–Trinajstić information content (AvgIpc) is 3.14. The molecule has 0 N–H and O–H groups in total. The van der Waals surface area contributed by atoms with Crippen LogP contribution >= 0.6 is 0 Å². The summed E-state index contributed by atoms with van der Waals surface area (Å²) in [6.45, 7) is 4.66. The summed E-state index contributed by atoms with van der Waals surface area (Å²) >= 11 is 0. The van der Waals surface area contributed by atoms with Gasteiger partial charge in [-0.1, -0.05) is 173 Å². The molecule has 0 aliphatic rings. The third kappa shape index (κ3) is 37.2. The second-order valence-electron chi connectivity index (χ2n) is 16.7. The number of carboxylic acids is 1. The van der Waals surface area contributed by atoms with Crippen molar-refractivity contribution < 1.29 is 38.2 Å². The van der Waals surface area contributed by atoms with Crippen LogP contribution in [-0.4, -0.2) is 75.5 Å². The Morgan fingerprint density at radius 2 is 0.945 bits per heavy atom. The van der Waals surface area contributed by atoms with Crippen molar-refractivity contribution in [3.05, 3.63) is 24.3 Å². The van der Waals surface area contributed by atoms with Crippen LogP contribution < -0.4 is 5.11 Å². The van der Waals surface area contributed by atoms with Crippen LogP contribution in [0.25, 0.3) is 0 Å². The third-order valence-electron chi connectivity index (χ3n) is 10.4. The highest BCUT2D eigenvalue weighted by molar-refractivity contribution is 5.70. The predicted octanol–water partition coefficient (Wildman–Crippen LogP) is 11.1. The topological polar surface area (TPSA) is 102 Å². The van der Waals surface area contributed by atoms with Crippen LogP contribution in [-0.2, 0) is 28.6 Å². The fraction of sp³-hybridized carbons (Fsp3) is 0.851. The molecule has 8 nitrogen and oxygen atoms in total. The van der Waals surface area contributed by atoms with Crippen molar-refractivity contribution in [1.29, 1.82) is 0 Å². The predicted molar refractivity (Wildman–Crippen MR) is 227 cm³/mol. The minimum Gasteiger partial charge on any atom is -0.544 e. The first-order chi connectivity index (χ1) is 26.6. The van der Waals surface area contributed by atoms with Crippen molar-refractivity contribution in [2.75, 3.05) is 41.0 Å². The number of rotatable bonds is 41. The monoisotopic (exact) mass is 778 g/mol. The standard InChI is InChI=1S/C47H87NO7/c1-6-8-10-12-14-16-18-20-21-22-23-24-26-28-30-32-34-36-38-46(50)55-43(41-53-40-39-44(47(51)52)48(3,4)5)42-54-45(49)37-35-33-31-29-27-25-19-17-15-13-11-9-7-2/h21-24,43-44H,6-20,25-42H2,1-5H3/b22-21+,24-23+. The number of carbonyl (C=O) groups is 3. The number of aliphatic carboxylic acids is 1. The van der Waals surface area contributed by atoms with E-state index in [1.807, 2.05) is 0 Å². The molecule has 0 bridgehead atoms. The molecule has 0 heterocycles. The molecule has 55 heavy (non-hydrogen) atoms. The zero-order chi connectivity index (χ0) is 40.7. The van der Waals surface area contributed by atoms with Gasteiger partial charge in [0.1, 0.15) is 12.6 Å². The van der Waals surface area contributed by atoms with Crippen LogP contribution in [0.1, 0.15) is 206 Å². The van der Waals surface area contributed by atoms with Gasteiger partial charge in [0.25, 0.3) is 0 Å². The number of unbranched alkanes of at least 4 members (excludes halogenated alkanes) is 24. The van der Waals surface area contributed by atoms with E-state index in [0.29, 0.717) is 12.8 Å². The number of likely N-dealkylation sites (N-methyl/N-ethyl adjacent to an activating group) is 1. The van der Waals surface area contributed by atoms with Gasteiger partial charge in [0.2, 0.25) is 0 Å². The summed E-state index contributed by atoms with van der Waals surface area (Å²) in [6.07, 6.45) is 41.9. The molecule has 0 rings (SSSR count). The largest absolute Gasteiger partial charge is 0.544 e. The number of hydrogen-bond donors (Lipinski definition) is 0. The van der Waals surface area contributed by atoms with Gasteiger partial charge in [0.15, 0.2) is 6.10 Å². The second-order valence-corrected chi connectivity index (χ2v) is 16.7. The Labute approximate surface area is 339 Å². The molecule has 0 aliphatic carbocycles.